The van der Waals surface area contributed by atoms with E-state index in [1.807, 2.05) is 49.4 Å². The predicted octanol–water partition coefficient (Wildman–Crippen LogP) is 5.48. The highest BCUT2D eigenvalue weighted by atomic mass is 32.2. The van der Waals surface area contributed by atoms with E-state index in [1.54, 1.807) is 12.1 Å². The molecular formula is C24H19N5O4S2. The lowest BCUT2D eigenvalue weighted by Crippen LogP contribution is -2.19. The van der Waals surface area contributed by atoms with Gasteiger partial charge < -0.3 is 5.32 Å². The van der Waals surface area contributed by atoms with E-state index < -0.39 is 10.2 Å². The Bertz CT molecular complexity index is 1340. The van der Waals surface area contributed by atoms with Crippen LogP contribution in [-0.4, -0.2) is 26.9 Å². The minimum absolute atomic E-state index is 0.0822. The maximum Gasteiger partial charge on any atom is 0.269 e. The average Bonchev–Trinajstić information content (AvgIpc) is 3.28. The smallest absolute Gasteiger partial charge is 0.269 e. The first kappa shape index (κ1) is 24.0. The summed E-state index contributed by atoms with van der Waals surface area (Å²) in [5, 5.41) is 25.0. The first-order valence-corrected chi connectivity index (χ1v) is 12.1. The molecule has 9 nitrogen and oxygen atoms in total. The number of nitro benzene ring substituents is 1. The number of nitrogens with one attached hydrogen (secondary N) is 2. The number of hydrogen-bond donors (Lipinski definition) is 2. The highest BCUT2D eigenvalue weighted by Gasteiger charge is 2.23. The number of anilines is 2. The zero-order valence-corrected chi connectivity index (χ0v) is 20.0. The van der Waals surface area contributed by atoms with Crippen molar-refractivity contribution >= 4 is 51.4 Å². The molecule has 35 heavy (non-hydrogen) atoms. The molecule has 11 heteroatoms. The van der Waals surface area contributed by atoms with Crippen LogP contribution < -0.4 is 10.6 Å². The summed E-state index contributed by atoms with van der Waals surface area (Å²) in [5.41, 5.74) is 1.62. The van der Waals surface area contributed by atoms with Crippen LogP contribution in [0.5, 0.6) is 0 Å². The van der Waals surface area contributed by atoms with Crippen LogP contribution in [0.15, 0.2) is 83.8 Å². The van der Waals surface area contributed by atoms with Crippen molar-refractivity contribution in [2.75, 3.05) is 10.6 Å². The van der Waals surface area contributed by atoms with Gasteiger partial charge in [0.1, 0.15) is 10.3 Å². The van der Waals surface area contributed by atoms with E-state index >= 15 is 0 Å². The Morgan fingerprint density at radius 2 is 1.63 bits per heavy atom. The van der Waals surface area contributed by atoms with E-state index in [9.17, 15) is 19.7 Å². The molecular weight excluding hydrogens is 486 g/mol. The molecule has 0 radical (unpaired) electrons. The third-order valence-corrected chi connectivity index (χ3v) is 6.82. The third-order valence-electron chi connectivity index (χ3n) is 4.80. The molecule has 0 saturated carbocycles. The van der Waals surface area contributed by atoms with Gasteiger partial charge in [-0.15, -0.1) is 22.0 Å². The van der Waals surface area contributed by atoms with Gasteiger partial charge in [-0.1, -0.05) is 41.7 Å². The molecule has 4 rings (SSSR count). The lowest BCUT2D eigenvalue weighted by Gasteiger charge is -2.16. The summed E-state index contributed by atoms with van der Waals surface area (Å²) in [6.07, 6.45) is 0. The monoisotopic (exact) mass is 505 g/mol. The Labute approximate surface area is 208 Å². The molecule has 1 aromatic heterocycles. The second-order valence-electron chi connectivity index (χ2n) is 7.31. The van der Waals surface area contributed by atoms with Crippen molar-refractivity contribution in [3.63, 3.8) is 0 Å². The molecule has 1 unspecified atom stereocenters. The van der Waals surface area contributed by atoms with Crippen LogP contribution in [0.4, 0.5) is 16.5 Å². The quantitative estimate of drug-likeness (QED) is 0.184. The summed E-state index contributed by atoms with van der Waals surface area (Å²) in [5.74, 6) is -0.595. The summed E-state index contributed by atoms with van der Waals surface area (Å²) >= 11 is 2.68. The van der Waals surface area contributed by atoms with Crippen molar-refractivity contribution < 1.29 is 14.5 Å². The summed E-state index contributed by atoms with van der Waals surface area (Å²) in [6, 6.07) is 21.9. The number of nitrogens with zero attached hydrogens (tertiary/aromatic N) is 3. The number of non-ortho nitro benzene ring substituents is 1. The van der Waals surface area contributed by atoms with Gasteiger partial charge in [-0.25, -0.2) is 0 Å². The summed E-state index contributed by atoms with van der Waals surface area (Å²) in [6.45, 7) is 1.82. The first-order chi connectivity index (χ1) is 16.9. The van der Waals surface area contributed by atoms with E-state index in [4.69, 9.17) is 0 Å². The minimum Gasteiger partial charge on any atom is -0.322 e. The number of benzene rings is 3. The third kappa shape index (κ3) is 6.28. The van der Waals surface area contributed by atoms with Gasteiger partial charge in [0, 0.05) is 28.3 Å². The zero-order chi connectivity index (χ0) is 24.8. The highest BCUT2D eigenvalue weighted by molar-refractivity contribution is 8.00. The number of aromatic nitrogens is 2. The highest BCUT2D eigenvalue weighted by Crippen LogP contribution is 2.37. The van der Waals surface area contributed by atoms with Crippen molar-refractivity contribution in [3.8, 4) is 0 Å². The first-order valence-electron chi connectivity index (χ1n) is 10.4. The molecule has 2 amide bonds. The van der Waals surface area contributed by atoms with Gasteiger partial charge >= 0.3 is 0 Å². The molecule has 0 aliphatic rings. The fourth-order valence-corrected chi connectivity index (χ4v) is 4.73. The Balaban J connectivity index is 1.45. The van der Waals surface area contributed by atoms with Gasteiger partial charge in [0.2, 0.25) is 11.0 Å². The van der Waals surface area contributed by atoms with Crippen molar-refractivity contribution in [2.24, 2.45) is 0 Å². The molecule has 0 aliphatic heterocycles. The van der Waals surface area contributed by atoms with E-state index in [-0.39, 0.29) is 17.5 Å². The lowest BCUT2D eigenvalue weighted by atomic mass is 10.1. The molecule has 0 aliphatic carbocycles. The Morgan fingerprint density at radius 3 is 2.23 bits per heavy atom. The number of aryl methyl sites for hydroxylation is 1. The van der Waals surface area contributed by atoms with E-state index in [0.717, 1.165) is 15.5 Å². The predicted molar refractivity (Wildman–Crippen MR) is 136 cm³/mol. The van der Waals surface area contributed by atoms with Crippen LogP contribution in [0.1, 0.15) is 26.2 Å². The fraction of sp³-hybridized carbons (Fsp3) is 0.0833. The average molecular weight is 506 g/mol. The SMILES string of the molecule is Cc1nnc(NC(=O)C(Sc2ccc(NC(=O)c3ccc([N+](=O)[O-])cc3)cc2)c2ccccc2)s1. The number of carbonyl (C=O) groups is 2. The Kier molecular flexibility index (Phi) is 7.48. The summed E-state index contributed by atoms with van der Waals surface area (Å²) < 4.78 is 0. The van der Waals surface area contributed by atoms with Crippen LogP contribution in [0.25, 0.3) is 0 Å². The van der Waals surface area contributed by atoms with Crippen LogP contribution >= 0.6 is 23.1 Å². The summed E-state index contributed by atoms with van der Waals surface area (Å²) in [7, 11) is 0. The maximum absolute atomic E-state index is 13.1. The molecule has 1 atom stereocenters. The molecule has 2 N–H and O–H groups in total. The number of hydrogen-bond acceptors (Lipinski definition) is 8. The Hall–Kier alpha value is -4.09. The van der Waals surface area contributed by atoms with Gasteiger partial charge in [0.05, 0.1) is 4.92 Å². The molecule has 3 aromatic carbocycles. The van der Waals surface area contributed by atoms with Crippen molar-refractivity contribution in [2.45, 2.75) is 17.1 Å². The largest absolute Gasteiger partial charge is 0.322 e. The minimum atomic E-state index is -0.527. The molecule has 0 fully saturated rings. The molecule has 0 bridgehead atoms. The van der Waals surface area contributed by atoms with Crippen LogP contribution in [0.2, 0.25) is 0 Å². The van der Waals surface area contributed by atoms with Crippen LogP contribution in [0, 0.1) is 17.0 Å². The Morgan fingerprint density at radius 1 is 0.943 bits per heavy atom. The van der Waals surface area contributed by atoms with Gasteiger partial charge in [-0.2, -0.15) is 0 Å². The topological polar surface area (TPSA) is 127 Å². The van der Waals surface area contributed by atoms with Crippen LogP contribution in [0.3, 0.4) is 0 Å². The normalized spacial score (nSPS) is 11.5. The zero-order valence-electron chi connectivity index (χ0n) is 18.4. The lowest BCUT2D eigenvalue weighted by molar-refractivity contribution is -0.384. The van der Waals surface area contributed by atoms with Gasteiger partial charge in [0.15, 0.2) is 0 Å². The van der Waals surface area contributed by atoms with Crippen molar-refractivity contribution in [1.29, 1.82) is 0 Å². The van der Waals surface area contributed by atoms with Crippen LogP contribution in [-0.2, 0) is 4.79 Å². The second kappa shape index (κ2) is 10.9. The van der Waals surface area contributed by atoms with E-state index in [1.165, 1.54) is 47.4 Å². The second-order valence-corrected chi connectivity index (χ2v) is 9.67. The maximum atomic E-state index is 13.1. The number of thioether (sulfide) groups is 1. The van der Waals surface area contributed by atoms with Crippen molar-refractivity contribution in [1.82, 2.24) is 10.2 Å². The van der Waals surface area contributed by atoms with Gasteiger partial charge in [-0.05, 0) is 48.9 Å². The summed E-state index contributed by atoms with van der Waals surface area (Å²) in [4.78, 5) is 36.6. The molecule has 1 heterocycles. The van der Waals surface area contributed by atoms with E-state index in [0.29, 0.717) is 16.4 Å². The van der Waals surface area contributed by atoms with Gasteiger partial charge in [-0.3, -0.25) is 25.0 Å². The number of rotatable bonds is 8. The van der Waals surface area contributed by atoms with Gasteiger partial charge in [0.25, 0.3) is 11.6 Å². The molecule has 0 spiro atoms. The molecule has 176 valence electrons. The number of amides is 2. The standard InChI is InChI=1S/C24H19N5O4S2/c1-15-27-28-24(34-15)26-23(31)21(16-5-3-2-4-6-16)35-20-13-9-18(10-14-20)25-22(30)17-7-11-19(12-8-17)29(32)33/h2-14,21H,1H3,(H,25,30)(H,26,28,31). The molecule has 4 aromatic rings. The van der Waals surface area contributed by atoms with E-state index in [2.05, 4.69) is 20.8 Å². The molecule has 0 saturated heterocycles. The number of carbonyl (C=O) groups excluding carboxylic acids is 2. The fourth-order valence-electron chi connectivity index (χ4n) is 3.11. The van der Waals surface area contributed by atoms with Crippen molar-refractivity contribution in [3.05, 3.63) is 105 Å². The number of nitro groups is 1.